The number of halogens is 2. The molecule has 2 rings (SSSR count). The fraction of sp³-hybridized carbons (Fsp3) is 0. The molecule has 0 spiro atoms. The van der Waals surface area contributed by atoms with Gasteiger partial charge in [-0.1, -0.05) is 0 Å². The molecule has 0 unspecified atom stereocenters. The molecule has 0 aliphatic heterocycles. The van der Waals surface area contributed by atoms with Crippen LogP contribution in [0.5, 0.6) is 0 Å². The Labute approximate surface area is 92.7 Å². The lowest BCUT2D eigenvalue weighted by Gasteiger charge is -1.98. The number of aromatic amines is 1. The van der Waals surface area contributed by atoms with Gasteiger partial charge in [0.15, 0.2) is 17.9 Å². The van der Waals surface area contributed by atoms with Crippen LogP contribution in [0.3, 0.4) is 0 Å². The van der Waals surface area contributed by atoms with Gasteiger partial charge in [-0.2, -0.15) is 0 Å². The minimum atomic E-state index is -0.504. The van der Waals surface area contributed by atoms with Crippen molar-refractivity contribution in [3.8, 4) is 11.5 Å². The molecule has 2 aromatic heterocycles. The average molecular weight is 270 g/mol. The molecule has 15 heavy (non-hydrogen) atoms. The Kier molecular flexibility index (Phi) is 2.59. The monoisotopic (exact) mass is 269 g/mol. The number of H-pyrrole nitrogens is 1. The number of aldehydes is 1. The zero-order valence-electron chi connectivity index (χ0n) is 7.37. The fourth-order valence-corrected chi connectivity index (χ4v) is 1.41. The maximum atomic E-state index is 13.4. The number of carbonyl (C=O) groups is 1. The second kappa shape index (κ2) is 3.90. The van der Waals surface area contributed by atoms with Crippen molar-refractivity contribution in [3.63, 3.8) is 0 Å². The first-order valence-corrected chi connectivity index (χ1v) is 4.81. The standard InChI is InChI=1S/C9H5BrFN3O/c10-5-1-7(11)8(12-2-5)9-13-3-6(4-15)14-9/h1-4H,(H,13,14). The summed E-state index contributed by atoms with van der Waals surface area (Å²) in [6, 6.07) is 1.28. The molecule has 0 aliphatic rings. The van der Waals surface area contributed by atoms with E-state index in [4.69, 9.17) is 0 Å². The number of nitrogens with zero attached hydrogens (tertiary/aromatic N) is 2. The highest BCUT2D eigenvalue weighted by atomic mass is 79.9. The highest BCUT2D eigenvalue weighted by Crippen LogP contribution is 2.19. The van der Waals surface area contributed by atoms with Crippen molar-refractivity contribution < 1.29 is 9.18 Å². The average Bonchev–Trinajstić information content (AvgIpc) is 2.66. The van der Waals surface area contributed by atoms with Gasteiger partial charge in [-0.05, 0) is 22.0 Å². The summed E-state index contributed by atoms with van der Waals surface area (Å²) >= 11 is 3.10. The van der Waals surface area contributed by atoms with E-state index in [0.29, 0.717) is 10.8 Å². The number of aromatic nitrogens is 3. The summed E-state index contributed by atoms with van der Waals surface area (Å²) in [4.78, 5) is 20.7. The first-order valence-electron chi connectivity index (χ1n) is 4.02. The van der Waals surface area contributed by atoms with Gasteiger partial charge < -0.3 is 4.98 Å². The minimum absolute atomic E-state index is 0.0892. The predicted octanol–water partition coefficient (Wildman–Crippen LogP) is 2.19. The molecule has 0 saturated heterocycles. The molecule has 0 atom stereocenters. The van der Waals surface area contributed by atoms with Crippen LogP contribution in [0.15, 0.2) is 22.9 Å². The summed E-state index contributed by atoms with van der Waals surface area (Å²) in [5.74, 6) is -0.265. The van der Waals surface area contributed by atoms with Crippen molar-refractivity contribution in [2.45, 2.75) is 0 Å². The maximum Gasteiger partial charge on any atom is 0.167 e. The highest BCUT2D eigenvalue weighted by Gasteiger charge is 2.10. The van der Waals surface area contributed by atoms with Crippen molar-refractivity contribution in [1.82, 2.24) is 15.0 Å². The van der Waals surface area contributed by atoms with Crippen molar-refractivity contribution in [2.24, 2.45) is 0 Å². The zero-order chi connectivity index (χ0) is 10.8. The quantitative estimate of drug-likeness (QED) is 0.851. The normalized spacial score (nSPS) is 10.3. The van der Waals surface area contributed by atoms with E-state index in [1.807, 2.05) is 0 Å². The molecular weight excluding hydrogens is 265 g/mol. The molecule has 0 fully saturated rings. The second-order valence-electron chi connectivity index (χ2n) is 2.79. The second-order valence-corrected chi connectivity index (χ2v) is 3.70. The van der Waals surface area contributed by atoms with E-state index in [0.717, 1.165) is 0 Å². The predicted molar refractivity (Wildman–Crippen MR) is 54.9 cm³/mol. The summed E-state index contributed by atoms with van der Waals surface area (Å²) in [5, 5.41) is 0. The summed E-state index contributed by atoms with van der Waals surface area (Å²) < 4.78 is 14.0. The van der Waals surface area contributed by atoms with Crippen LogP contribution in [0.25, 0.3) is 11.5 Å². The van der Waals surface area contributed by atoms with Gasteiger partial charge in [0.05, 0.1) is 11.9 Å². The third-order valence-corrected chi connectivity index (χ3v) is 2.19. The van der Waals surface area contributed by atoms with Crippen LogP contribution < -0.4 is 0 Å². The number of imidazole rings is 1. The number of pyridine rings is 1. The minimum Gasteiger partial charge on any atom is -0.334 e. The van der Waals surface area contributed by atoms with Gasteiger partial charge in [0.1, 0.15) is 5.69 Å². The molecular formula is C9H5BrFN3O. The van der Waals surface area contributed by atoms with E-state index < -0.39 is 5.82 Å². The summed E-state index contributed by atoms with van der Waals surface area (Å²) in [6.45, 7) is 0. The maximum absolute atomic E-state index is 13.4. The number of nitrogens with one attached hydrogen (secondary N) is 1. The van der Waals surface area contributed by atoms with Crippen LogP contribution in [0.2, 0.25) is 0 Å². The van der Waals surface area contributed by atoms with Gasteiger partial charge in [-0.3, -0.25) is 4.79 Å². The van der Waals surface area contributed by atoms with E-state index in [9.17, 15) is 9.18 Å². The van der Waals surface area contributed by atoms with Gasteiger partial charge in [0.2, 0.25) is 0 Å². The third kappa shape index (κ3) is 1.94. The molecule has 0 radical (unpaired) electrons. The Morgan fingerprint density at radius 2 is 2.20 bits per heavy atom. The Balaban J connectivity index is 2.49. The molecule has 76 valence electrons. The molecule has 2 heterocycles. The molecule has 6 heteroatoms. The number of rotatable bonds is 2. The molecule has 0 aromatic carbocycles. The molecule has 0 bridgehead atoms. The highest BCUT2D eigenvalue weighted by molar-refractivity contribution is 9.10. The Morgan fingerprint density at radius 1 is 1.40 bits per heavy atom. The Morgan fingerprint density at radius 3 is 2.80 bits per heavy atom. The van der Waals surface area contributed by atoms with Crippen molar-refractivity contribution in [3.05, 3.63) is 34.4 Å². The summed E-state index contributed by atoms with van der Waals surface area (Å²) in [6.07, 6.45) is 3.39. The lowest BCUT2D eigenvalue weighted by atomic mass is 10.3. The largest absolute Gasteiger partial charge is 0.334 e. The van der Waals surface area contributed by atoms with Gasteiger partial charge >= 0.3 is 0 Å². The van der Waals surface area contributed by atoms with Crippen LogP contribution in [0.4, 0.5) is 4.39 Å². The van der Waals surface area contributed by atoms with Gasteiger partial charge in [0, 0.05) is 10.7 Å². The first kappa shape index (κ1) is 9.97. The Bertz CT molecular complexity index is 512. The molecule has 2 aromatic rings. The molecule has 1 N–H and O–H groups in total. The van der Waals surface area contributed by atoms with Gasteiger partial charge in [-0.15, -0.1) is 0 Å². The van der Waals surface area contributed by atoms with Crippen LogP contribution in [-0.2, 0) is 0 Å². The molecule has 0 saturated carbocycles. The summed E-state index contributed by atoms with van der Waals surface area (Å²) in [7, 11) is 0. The zero-order valence-corrected chi connectivity index (χ0v) is 8.95. The topological polar surface area (TPSA) is 58.6 Å². The van der Waals surface area contributed by atoms with Crippen molar-refractivity contribution in [1.29, 1.82) is 0 Å². The van der Waals surface area contributed by atoms with Crippen LogP contribution >= 0.6 is 15.9 Å². The van der Waals surface area contributed by atoms with E-state index in [-0.39, 0.29) is 17.2 Å². The third-order valence-electron chi connectivity index (χ3n) is 1.75. The Hall–Kier alpha value is -1.56. The van der Waals surface area contributed by atoms with Crippen molar-refractivity contribution >= 4 is 22.2 Å². The smallest absolute Gasteiger partial charge is 0.167 e. The van der Waals surface area contributed by atoms with Crippen LogP contribution in [0, 0.1) is 5.82 Å². The van der Waals surface area contributed by atoms with E-state index in [1.165, 1.54) is 18.5 Å². The van der Waals surface area contributed by atoms with E-state index >= 15 is 0 Å². The molecule has 0 amide bonds. The fourth-order valence-electron chi connectivity index (χ4n) is 1.10. The SMILES string of the molecule is O=Cc1cnc(-c2ncc(Br)cc2F)[nH]1. The number of carbonyl (C=O) groups excluding carboxylic acids is 1. The van der Waals surface area contributed by atoms with Gasteiger partial charge in [0.25, 0.3) is 0 Å². The van der Waals surface area contributed by atoms with Crippen LogP contribution in [-0.4, -0.2) is 21.2 Å². The van der Waals surface area contributed by atoms with E-state index in [1.54, 1.807) is 0 Å². The summed E-state index contributed by atoms with van der Waals surface area (Å²) in [5.41, 5.74) is 0.375. The first-order chi connectivity index (χ1) is 7.20. The van der Waals surface area contributed by atoms with Crippen molar-refractivity contribution in [2.75, 3.05) is 0 Å². The molecule has 0 aliphatic carbocycles. The number of hydrogen-bond acceptors (Lipinski definition) is 3. The lowest BCUT2D eigenvalue weighted by Crippen LogP contribution is -1.91. The van der Waals surface area contributed by atoms with E-state index in [2.05, 4.69) is 30.9 Å². The lowest BCUT2D eigenvalue weighted by molar-refractivity contribution is 0.111. The number of hydrogen-bond donors (Lipinski definition) is 1. The molecule has 4 nitrogen and oxygen atoms in total. The van der Waals surface area contributed by atoms with Crippen LogP contribution in [0.1, 0.15) is 10.5 Å². The van der Waals surface area contributed by atoms with Gasteiger partial charge in [-0.25, -0.2) is 14.4 Å².